The highest BCUT2D eigenvalue weighted by Gasteiger charge is 2.39. The van der Waals surface area contributed by atoms with E-state index < -0.39 is 29.8 Å². The molecule has 2 unspecified atom stereocenters. The van der Waals surface area contributed by atoms with Gasteiger partial charge >= 0.3 is 6.09 Å². The van der Waals surface area contributed by atoms with E-state index in [1.165, 1.54) is 28.7 Å². The Hall–Kier alpha value is -2.42. The highest BCUT2D eigenvalue weighted by molar-refractivity contribution is 6.30. The van der Waals surface area contributed by atoms with E-state index in [9.17, 15) is 14.0 Å². The van der Waals surface area contributed by atoms with Crippen LogP contribution in [-0.2, 0) is 4.74 Å². The topological polar surface area (TPSA) is 88.8 Å². The van der Waals surface area contributed by atoms with Crippen molar-refractivity contribution in [1.82, 2.24) is 19.9 Å². The van der Waals surface area contributed by atoms with E-state index in [0.717, 1.165) is 0 Å². The molecule has 10 heteroatoms. The van der Waals surface area contributed by atoms with Crippen LogP contribution in [0.25, 0.3) is 5.65 Å². The number of halogens is 2. The van der Waals surface area contributed by atoms with E-state index in [1.54, 1.807) is 20.8 Å². The normalized spacial score (nSPS) is 17.1. The van der Waals surface area contributed by atoms with Crippen LogP contribution < -0.4 is 10.2 Å². The third kappa shape index (κ3) is 6.29. The third-order valence-corrected chi connectivity index (χ3v) is 3.90. The molecule has 168 valence electrons. The molecular formula is C20H31ClFN5O3. The predicted octanol–water partition coefficient (Wildman–Crippen LogP) is 4.65. The summed E-state index contributed by atoms with van der Waals surface area (Å²) in [6.45, 7) is 13.3. The van der Waals surface area contributed by atoms with E-state index in [-0.39, 0.29) is 22.2 Å². The number of alkyl halides is 1. The predicted molar refractivity (Wildman–Crippen MR) is 116 cm³/mol. The first-order chi connectivity index (χ1) is 14.1. The van der Waals surface area contributed by atoms with Gasteiger partial charge in [0.2, 0.25) is 0 Å². The third-order valence-electron chi connectivity index (χ3n) is 3.71. The van der Waals surface area contributed by atoms with Gasteiger partial charge in [-0.3, -0.25) is 9.69 Å². The van der Waals surface area contributed by atoms with Crippen molar-refractivity contribution in [3.05, 3.63) is 23.0 Å². The van der Waals surface area contributed by atoms with Gasteiger partial charge in [0.25, 0.3) is 5.91 Å². The first-order valence-electron chi connectivity index (χ1n) is 10.0. The number of nitrogens with one attached hydrogen (secondary N) is 1. The molecule has 0 aromatic carbocycles. The Bertz CT molecular complexity index is 881. The molecule has 1 N–H and O–H groups in total. The quantitative estimate of drug-likeness (QED) is 0.697. The van der Waals surface area contributed by atoms with Gasteiger partial charge in [-0.1, -0.05) is 39.3 Å². The maximum atomic E-state index is 13.0. The first-order valence-corrected chi connectivity index (χ1v) is 10.4. The van der Waals surface area contributed by atoms with Gasteiger partial charge in [0.05, 0.1) is 12.2 Å². The summed E-state index contributed by atoms with van der Waals surface area (Å²) >= 11 is 6.06. The molecule has 1 saturated carbocycles. The monoisotopic (exact) mass is 443 g/mol. The average molecular weight is 444 g/mol. The SMILES string of the molecule is CC.CC.CN(C(=O)OC(C)(C)C)c1cc(Cl)nc2c(C(=O)NC3CC3F)cnn12. The zero-order chi connectivity index (χ0) is 23.2. The summed E-state index contributed by atoms with van der Waals surface area (Å²) in [4.78, 5) is 30.0. The van der Waals surface area contributed by atoms with Gasteiger partial charge in [-0.15, -0.1) is 0 Å². The molecule has 2 heterocycles. The smallest absolute Gasteiger partial charge is 0.415 e. The number of aromatic nitrogens is 3. The fourth-order valence-corrected chi connectivity index (χ4v) is 2.48. The van der Waals surface area contributed by atoms with Crippen LogP contribution >= 0.6 is 11.6 Å². The minimum Gasteiger partial charge on any atom is -0.443 e. The molecule has 8 nitrogen and oxygen atoms in total. The van der Waals surface area contributed by atoms with Gasteiger partial charge in [0, 0.05) is 19.5 Å². The molecule has 30 heavy (non-hydrogen) atoms. The molecule has 3 rings (SSSR count). The molecule has 0 radical (unpaired) electrons. The summed E-state index contributed by atoms with van der Waals surface area (Å²) in [5, 5.41) is 6.76. The van der Waals surface area contributed by atoms with Crippen LogP contribution in [0.3, 0.4) is 0 Å². The van der Waals surface area contributed by atoms with Gasteiger partial charge in [-0.25, -0.2) is 14.2 Å². The Morgan fingerprint density at radius 2 is 1.87 bits per heavy atom. The summed E-state index contributed by atoms with van der Waals surface area (Å²) in [6, 6.07) is 0.951. The zero-order valence-electron chi connectivity index (χ0n) is 18.8. The first kappa shape index (κ1) is 25.6. The molecule has 2 atom stereocenters. The number of amides is 2. The van der Waals surface area contributed by atoms with Crippen LogP contribution in [0.5, 0.6) is 0 Å². The van der Waals surface area contributed by atoms with Crippen molar-refractivity contribution in [3.63, 3.8) is 0 Å². The fourth-order valence-electron chi connectivity index (χ4n) is 2.30. The lowest BCUT2D eigenvalue weighted by Gasteiger charge is -2.24. The van der Waals surface area contributed by atoms with Crippen molar-refractivity contribution in [3.8, 4) is 0 Å². The summed E-state index contributed by atoms with van der Waals surface area (Å²) in [6.07, 6.45) is -0.0334. The van der Waals surface area contributed by atoms with Gasteiger partial charge in [0.1, 0.15) is 28.3 Å². The summed E-state index contributed by atoms with van der Waals surface area (Å²) in [5.41, 5.74) is -0.370. The lowest BCUT2D eigenvalue weighted by atomic mass is 10.2. The summed E-state index contributed by atoms with van der Waals surface area (Å²) in [5.74, 6) is -0.214. The Labute approximate surface area is 181 Å². The molecule has 1 aliphatic carbocycles. The Balaban J connectivity index is 0.00000106. The molecule has 2 aromatic heterocycles. The Kier molecular flexibility index (Phi) is 9.02. The van der Waals surface area contributed by atoms with Crippen LogP contribution in [0.4, 0.5) is 15.0 Å². The van der Waals surface area contributed by atoms with Gasteiger partial charge in [0.15, 0.2) is 5.65 Å². The van der Waals surface area contributed by atoms with Gasteiger partial charge < -0.3 is 10.1 Å². The second kappa shape index (κ2) is 10.6. The molecule has 0 spiro atoms. The number of carbonyl (C=O) groups excluding carboxylic acids is 2. The van der Waals surface area contributed by atoms with Crippen molar-refractivity contribution in [2.24, 2.45) is 0 Å². The van der Waals surface area contributed by atoms with Crippen LogP contribution in [0.1, 0.15) is 65.2 Å². The maximum Gasteiger partial charge on any atom is 0.415 e. The molecule has 2 amide bonds. The van der Waals surface area contributed by atoms with Crippen molar-refractivity contribution < 1.29 is 18.7 Å². The van der Waals surface area contributed by atoms with Crippen LogP contribution in [0, 0.1) is 0 Å². The zero-order valence-corrected chi connectivity index (χ0v) is 19.5. The lowest BCUT2D eigenvalue weighted by Crippen LogP contribution is -2.35. The van der Waals surface area contributed by atoms with E-state index in [4.69, 9.17) is 16.3 Å². The highest BCUT2D eigenvalue weighted by atomic mass is 35.5. The Morgan fingerprint density at radius 1 is 1.30 bits per heavy atom. The second-order valence-electron chi connectivity index (χ2n) is 7.10. The van der Waals surface area contributed by atoms with Gasteiger partial charge in [-0.2, -0.15) is 9.61 Å². The lowest BCUT2D eigenvalue weighted by molar-refractivity contribution is 0.0587. The van der Waals surface area contributed by atoms with Gasteiger partial charge in [-0.05, 0) is 20.8 Å². The molecule has 0 saturated heterocycles. The average Bonchev–Trinajstić information content (AvgIpc) is 3.20. The standard InChI is InChI=1S/C16H19ClFN5O3.2C2H6/c1-16(2,3)26-15(25)22(4)12-6-11(17)21-13-8(7-19-23(12)13)14(24)20-10-5-9(10)18;2*1-2/h6-7,9-10H,5H2,1-4H3,(H,20,24);2*1-2H3. The minimum absolute atomic E-state index is 0.0762. The van der Waals surface area contributed by atoms with E-state index in [0.29, 0.717) is 6.42 Å². The van der Waals surface area contributed by atoms with Crippen molar-refractivity contribution in [2.45, 2.75) is 72.7 Å². The van der Waals surface area contributed by atoms with Crippen LogP contribution in [0.15, 0.2) is 12.3 Å². The number of fused-ring (bicyclic) bond motifs is 1. The largest absolute Gasteiger partial charge is 0.443 e. The second-order valence-corrected chi connectivity index (χ2v) is 7.49. The number of rotatable bonds is 3. The minimum atomic E-state index is -1.02. The number of anilines is 1. The van der Waals surface area contributed by atoms with Crippen molar-refractivity contribution in [1.29, 1.82) is 0 Å². The molecular weight excluding hydrogens is 413 g/mol. The molecule has 1 fully saturated rings. The van der Waals surface area contributed by atoms with Crippen LogP contribution in [-0.4, -0.2) is 51.5 Å². The molecule has 0 bridgehead atoms. The number of nitrogens with zero attached hydrogens (tertiary/aromatic N) is 4. The number of hydrogen-bond donors (Lipinski definition) is 1. The maximum absolute atomic E-state index is 13.0. The van der Waals surface area contributed by atoms with Crippen molar-refractivity contribution in [2.75, 3.05) is 11.9 Å². The number of hydrogen-bond acceptors (Lipinski definition) is 5. The summed E-state index contributed by atoms with van der Waals surface area (Å²) in [7, 11) is 1.50. The molecule has 1 aliphatic rings. The van der Waals surface area contributed by atoms with E-state index in [1.807, 2.05) is 27.7 Å². The summed E-state index contributed by atoms with van der Waals surface area (Å²) < 4.78 is 19.7. The molecule has 0 aliphatic heterocycles. The highest BCUT2D eigenvalue weighted by Crippen LogP contribution is 2.27. The number of carbonyl (C=O) groups is 2. The fraction of sp³-hybridized carbons (Fsp3) is 0.600. The van der Waals surface area contributed by atoms with E-state index >= 15 is 0 Å². The van der Waals surface area contributed by atoms with Crippen LogP contribution in [0.2, 0.25) is 5.15 Å². The molecule has 2 aromatic rings. The number of ether oxygens (including phenoxy) is 1. The Morgan fingerprint density at radius 3 is 2.37 bits per heavy atom. The van der Waals surface area contributed by atoms with E-state index in [2.05, 4.69) is 15.4 Å². The van der Waals surface area contributed by atoms with Crippen molar-refractivity contribution >= 4 is 35.1 Å².